The maximum absolute atomic E-state index is 9.50. The fourth-order valence-electron chi connectivity index (χ4n) is 2.32. The first-order valence-electron chi connectivity index (χ1n) is 6.08. The van der Waals surface area contributed by atoms with Crippen molar-refractivity contribution >= 4 is 0 Å². The van der Waals surface area contributed by atoms with Crippen LogP contribution in [0.15, 0.2) is 18.2 Å². The van der Waals surface area contributed by atoms with Crippen LogP contribution in [0.25, 0.3) is 0 Å². The van der Waals surface area contributed by atoms with E-state index in [4.69, 9.17) is 10.5 Å². The average Bonchev–Trinajstić information content (AvgIpc) is 2.68. The highest BCUT2D eigenvalue weighted by Gasteiger charge is 2.29. The summed E-state index contributed by atoms with van der Waals surface area (Å²) in [4.78, 5) is 2.03. The molecule has 2 rings (SSSR count). The van der Waals surface area contributed by atoms with Crippen LogP contribution >= 0.6 is 0 Å². The van der Waals surface area contributed by atoms with Crippen LogP contribution in [0.1, 0.15) is 11.1 Å². The molecule has 0 aliphatic carbocycles. The summed E-state index contributed by atoms with van der Waals surface area (Å²) >= 11 is 0. The number of methoxy groups -OCH3 is 1. The third kappa shape index (κ3) is 2.81. The number of ether oxygens (including phenoxy) is 1. The summed E-state index contributed by atoms with van der Waals surface area (Å²) in [6.45, 7) is 2.14. The topological polar surface area (TPSA) is 79.0 Å². The van der Waals surface area contributed by atoms with Gasteiger partial charge in [0.25, 0.3) is 0 Å². The lowest BCUT2D eigenvalue weighted by Crippen LogP contribution is -2.22. The van der Waals surface area contributed by atoms with Gasteiger partial charge in [-0.05, 0) is 17.7 Å². The van der Waals surface area contributed by atoms with E-state index in [1.807, 2.05) is 23.1 Å². The molecule has 100 valence electrons. The van der Waals surface area contributed by atoms with E-state index < -0.39 is 12.2 Å². The Balaban J connectivity index is 2.06. The van der Waals surface area contributed by atoms with Crippen molar-refractivity contribution in [3.05, 3.63) is 29.3 Å². The molecule has 1 aliphatic rings. The Hall–Kier alpha value is -1.14. The van der Waals surface area contributed by atoms with Gasteiger partial charge < -0.3 is 20.7 Å². The second-order valence-corrected chi connectivity index (χ2v) is 4.68. The van der Waals surface area contributed by atoms with Gasteiger partial charge in [0.1, 0.15) is 5.75 Å². The molecule has 1 aromatic carbocycles. The number of hydrogen-bond acceptors (Lipinski definition) is 5. The predicted octanol–water partition coefficient (Wildman–Crippen LogP) is -0.309. The summed E-state index contributed by atoms with van der Waals surface area (Å²) in [5, 5.41) is 19.0. The van der Waals surface area contributed by atoms with E-state index in [2.05, 4.69) is 0 Å². The molecule has 0 aromatic heterocycles. The standard InChI is InChI=1S/C13H20N2O3/c1-18-13-3-2-9(4-10(13)5-14)6-15-7-11(16)12(17)8-15/h2-4,11-12,16-17H,5-8,14H2,1H3. The molecule has 2 atom stereocenters. The molecule has 1 aliphatic heterocycles. The second kappa shape index (κ2) is 5.67. The number of hydrogen-bond donors (Lipinski definition) is 3. The van der Waals surface area contributed by atoms with E-state index in [1.54, 1.807) is 7.11 Å². The largest absolute Gasteiger partial charge is 0.496 e. The first kappa shape index (κ1) is 13.3. The summed E-state index contributed by atoms with van der Waals surface area (Å²) < 4.78 is 5.22. The number of β-amino-alcohol motifs (C(OH)–C–C–N with tert-alkyl or cyclic N) is 2. The molecule has 4 N–H and O–H groups in total. The Morgan fingerprint density at radius 2 is 2.00 bits per heavy atom. The molecule has 5 nitrogen and oxygen atoms in total. The minimum atomic E-state index is -0.641. The van der Waals surface area contributed by atoms with Crippen LogP contribution < -0.4 is 10.5 Å². The zero-order chi connectivity index (χ0) is 13.1. The average molecular weight is 252 g/mol. The van der Waals surface area contributed by atoms with Gasteiger partial charge in [0.2, 0.25) is 0 Å². The van der Waals surface area contributed by atoms with Crippen LogP contribution in [-0.2, 0) is 13.1 Å². The predicted molar refractivity (Wildman–Crippen MR) is 68.2 cm³/mol. The van der Waals surface area contributed by atoms with Gasteiger partial charge in [-0.3, -0.25) is 4.90 Å². The molecule has 0 saturated carbocycles. The lowest BCUT2D eigenvalue weighted by atomic mass is 10.1. The van der Waals surface area contributed by atoms with Crippen LogP contribution in [0.3, 0.4) is 0 Å². The van der Waals surface area contributed by atoms with Gasteiger partial charge in [-0.1, -0.05) is 6.07 Å². The van der Waals surface area contributed by atoms with Gasteiger partial charge >= 0.3 is 0 Å². The van der Waals surface area contributed by atoms with Gasteiger partial charge in [0.15, 0.2) is 0 Å². The highest BCUT2D eigenvalue weighted by atomic mass is 16.5. The maximum Gasteiger partial charge on any atom is 0.123 e. The molecule has 0 radical (unpaired) electrons. The molecule has 0 spiro atoms. The highest BCUT2D eigenvalue weighted by molar-refractivity contribution is 5.37. The van der Waals surface area contributed by atoms with E-state index in [0.29, 0.717) is 26.2 Å². The molecule has 0 bridgehead atoms. The van der Waals surface area contributed by atoms with Crippen LogP contribution in [0, 0.1) is 0 Å². The van der Waals surface area contributed by atoms with E-state index in [0.717, 1.165) is 16.9 Å². The van der Waals surface area contributed by atoms with E-state index in [-0.39, 0.29) is 0 Å². The fourth-order valence-corrected chi connectivity index (χ4v) is 2.32. The zero-order valence-corrected chi connectivity index (χ0v) is 10.5. The lowest BCUT2D eigenvalue weighted by molar-refractivity contribution is 0.0572. The number of likely N-dealkylation sites (tertiary alicyclic amines) is 1. The Morgan fingerprint density at radius 1 is 1.33 bits per heavy atom. The Labute approximate surface area is 107 Å². The number of nitrogens with zero attached hydrogens (tertiary/aromatic N) is 1. The first-order chi connectivity index (χ1) is 8.63. The number of benzene rings is 1. The summed E-state index contributed by atoms with van der Waals surface area (Å²) in [6.07, 6.45) is -1.28. The number of rotatable bonds is 4. The normalized spacial score (nSPS) is 24.4. The van der Waals surface area contributed by atoms with Crippen molar-refractivity contribution < 1.29 is 14.9 Å². The number of aliphatic hydroxyl groups excluding tert-OH is 2. The van der Waals surface area contributed by atoms with Crippen LogP contribution in [0.5, 0.6) is 5.75 Å². The van der Waals surface area contributed by atoms with Crippen molar-refractivity contribution in [2.24, 2.45) is 5.73 Å². The molecule has 18 heavy (non-hydrogen) atoms. The van der Waals surface area contributed by atoms with E-state index in [1.165, 1.54) is 0 Å². The quantitative estimate of drug-likeness (QED) is 0.685. The minimum absolute atomic E-state index is 0.433. The van der Waals surface area contributed by atoms with Crippen molar-refractivity contribution in [1.29, 1.82) is 0 Å². The molecule has 1 saturated heterocycles. The van der Waals surface area contributed by atoms with Crippen molar-refractivity contribution in [1.82, 2.24) is 4.90 Å². The molecule has 0 amide bonds. The van der Waals surface area contributed by atoms with Crippen LogP contribution in [-0.4, -0.2) is 47.5 Å². The molecular weight excluding hydrogens is 232 g/mol. The number of aliphatic hydroxyl groups is 2. The summed E-state index contributed by atoms with van der Waals surface area (Å²) in [5.41, 5.74) is 7.75. The summed E-state index contributed by atoms with van der Waals surface area (Å²) in [5.74, 6) is 0.794. The van der Waals surface area contributed by atoms with Crippen molar-refractivity contribution in [2.45, 2.75) is 25.3 Å². The second-order valence-electron chi connectivity index (χ2n) is 4.68. The molecule has 1 aromatic rings. The van der Waals surface area contributed by atoms with Crippen molar-refractivity contribution in [3.8, 4) is 5.75 Å². The van der Waals surface area contributed by atoms with Crippen LogP contribution in [0.4, 0.5) is 0 Å². The van der Waals surface area contributed by atoms with Gasteiger partial charge in [-0.15, -0.1) is 0 Å². The van der Waals surface area contributed by atoms with E-state index >= 15 is 0 Å². The molecular formula is C13H20N2O3. The van der Waals surface area contributed by atoms with Crippen molar-refractivity contribution in [2.75, 3.05) is 20.2 Å². The van der Waals surface area contributed by atoms with Gasteiger partial charge in [-0.25, -0.2) is 0 Å². The zero-order valence-electron chi connectivity index (χ0n) is 10.5. The molecule has 1 heterocycles. The monoisotopic (exact) mass is 252 g/mol. The van der Waals surface area contributed by atoms with Crippen molar-refractivity contribution in [3.63, 3.8) is 0 Å². The third-order valence-electron chi connectivity index (χ3n) is 3.31. The Bertz CT molecular complexity index is 401. The smallest absolute Gasteiger partial charge is 0.123 e. The molecule has 1 fully saturated rings. The number of nitrogens with two attached hydrogens (primary N) is 1. The highest BCUT2D eigenvalue weighted by Crippen LogP contribution is 2.21. The van der Waals surface area contributed by atoms with Crippen LogP contribution in [0.2, 0.25) is 0 Å². The van der Waals surface area contributed by atoms with Gasteiger partial charge in [0, 0.05) is 31.7 Å². The first-order valence-corrected chi connectivity index (χ1v) is 6.08. The third-order valence-corrected chi connectivity index (χ3v) is 3.31. The Kier molecular flexibility index (Phi) is 4.19. The minimum Gasteiger partial charge on any atom is -0.496 e. The summed E-state index contributed by atoms with van der Waals surface area (Å²) in [6, 6.07) is 5.89. The Morgan fingerprint density at radius 3 is 2.56 bits per heavy atom. The van der Waals surface area contributed by atoms with Gasteiger partial charge in [0.05, 0.1) is 19.3 Å². The van der Waals surface area contributed by atoms with Gasteiger partial charge in [-0.2, -0.15) is 0 Å². The summed E-state index contributed by atoms with van der Waals surface area (Å²) in [7, 11) is 1.63. The fraction of sp³-hybridized carbons (Fsp3) is 0.538. The molecule has 5 heteroatoms. The SMILES string of the molecule is COc1ccc(CN2CC(O)C(O)C2)cc1CN. The lowest BCUT2D eigenvalue weighted by Gasteiger charge is -2.16. The van der Waals surface area contributed by atoms with E-state index in [9.17, 15) is 10.2 Å². The maximum atomic E-state index is 9.50. The molecule has 2 unspecified atom stereocenters.